The first-order valence-electron chi connectivity index (χ1n) is 22.8. The van der Waals surface area contributed by atoms with Crippen LogP contribution in [-0.2, 0) is 62.5 Å². The molecule has 6 rings (SSSR count). The third-order valence-corrected chi connectivity index (χ3v) is 16.9. The number of carbonyl (C=O) groups is 1. The van der Waals surface area contributed by atoms with E-state index in [2.05, 4.69) is 11.2 Å². The van der Waals surface area contributed by atoms with E-state index in [0.29, 0.717) is 59.6 Å². The van der Waals surface area contributed by atoms with E-state index in [1.54, 1.807) is 12.1 Å². The van der Waals surface area contributed by atoms with Crippen molar-refractivity contribution in [3.05, 3.63) is 124 Å². The second-order valence-electron chi connectivity index (χ2n) is 18.5. The second-order valence-corrected chi connectivity index (χ2v) is 24.5. The number of allylic oxidation sites excluding steroid dienone is 8. The van der Waals surface area contributed by atoms with Gasteiger partial charge < -0.3 is 10.2 Å². The Morgan fingerprint density at radius 2 is 1.37 bits per heavy atom. The van der Waals surface area contributed by atoms with Gasteiger partial charge in [0, 0.05) is 48.0 Å². The van der Waals surface area contributed by atoms with Crippen molar-refractivity contribution in [3.63, 3.8) is 0 Å². The maximum Gasteiger partial charge on any atom is 0.294 e. The number of amides is 1. The van der Waals surface area contributed by atoms with Gasteiger partial charge in [0.2, 0.25) is 11.6 Å². The average molecular weight is 1040 g/mol. The quantitative estimate of drug-likeness (QED) is 0.0321. The Bertz CT molecular complexity index is 3220. The third kappa shape index (κ3) is 12.6. The molecule has 2 aliphatic heterocycles. The highest BCUT2D eigenvalue weighted by molar-refractivity contribution is 7.86. The van der Waals surface area contributed by atoms with Gasteiger partial charge in [-0.15, -0.1) is 6.42 Å². The van der Waals surface area contributed by atoms with E-state index in [-0.39, 0.29) is 47.9 Å². The number of nitrogens with zero attached hydrogens (tertiary/aromatic N) is 2. The van der Waals surface area contributed by atoms with E-state index >= 15 is 0 Å². The summed E-state index contributed by atoms with van der Waals surface area (Å²) in [5.74, 6) is 1.25. The molecule has 3 aromatic carbocycles. The molecule has 0 bridgehead atoms. The second kappa shape index (κ2) is 21.2. The van der Waals surface area contributed by atoms with Gasteiger partial charge in [-0.05, 0) is 148 Å². The van der Waals surface area contributed by atoms with Crippen LogP contribution in [0.4, 0.5) is 11.4 Å². The molecule has 16 nitrogen and oxygen atoms in total. The minimum atomic E-state index is -4.59. The van der Waals surface area contributed by atoms with Crippen LogP contribution in [0.3, 0.4) is 0 Å². The van der Waals surface area contributed by atoms with E-state index in [1.165, 1.54) is 24.3 Å². The largest absolute Gasteiger partial charge is 0.347 e. The van der Waals surface area contributed by atoms with Gasteiger partial charge in [-0.25, -0.2) is 0 Å². The number of unbranched alkanes of at least 4 members (excludes halogenated alkanes) is 1. The number of terminal acetylenes is 1. The first-order valence-corrected chi connectivity index (χ1v) is 28.9. The maximum atomic E-state index is 12.3. The van der Waals surface area contributed by atoms with Crippen LogP contribution in [0.15, 0.2) is 112 Å². The van der Waals surface area contributed by atoms with E-state index in [9.17, 15) is 56.7 Å². The van der Waals surface area contributed by atoms with Crippen molar-refractivity contribution in [1.82, 2.24) is 5.32 Å². The third-order valence-electron chi connectivity index (χ3n) is 13.6. The minimum absolute atomic E-state index is 0.0427. The molecule has 0 spiro atoms. The van der Waals surface area contributed by atoms with E-state index in [0.717, 1.165) is 47.1 Å². The fourth-order valence-electron chi connectivity index (χ4n) is 10.1. The van der Waals surface area contributed by atoms with Crippen LogP contribution in [-0.4, -0.2) is 100 Å². The molecule has 376 valence electrons. The molecule has 5 N–H and O–H groups in total. The first-order chi connectivity index (χ1) is 32.7. The lowest BCUT2D eigenvalue weighted by molar-refractivity contribution is -0.401. The Kier molecular flexibility index (Phi) is 16.4. The Balaban J connectivity index is 1.47. The van der Waals surface area contributed by atoms with Crippen molar-refractivity contribution in [3.8, 4) is 12.3 Å². The van der Waals surface area contributed by atoms with Crippen LogP contribution in [0.25, 0.3) is 5.57 Å². The van der Waals surface area contributed by atoms with E-state index < -0.39 is 62.8 Å². The molecule has 0 aromatic heterocycles. The monoisotopic (exact) mass is 1040 g/mol. The zero-order chi connectivity index (χ0) is 51.5. The molecular weight excluding hydrogens is 979 g/mol. The van der Waals surface area contributed by atoms with Crippen LogP contribution in [0.5, 0.6) is 0 Å². The van der Waals surface area contributed by atoms with Gasteiger partial charge in [-0.2, -0.15) is 38.2 Å². The maximum absolute atomic E-state index is 12.3. The molecular formula is C50H60N3O13S4+. The summed E-state index contributed by atoms with van der Waals surface area (Å²) in [6, 6.07) is 16.7. The normalized spacial score (nSPS) is 20.9. The first kappa shape index (κ1) is 54.1. The van der Waals surface area contributed by atoms with Gasteiger partial charge in [0.05, 0.1) is 33.3 Å². The van der Waals surface area contributed by atoms with Crippen LogP contribution < -0.4 is 10.2 Å². The minimum Gasteiger partial charge on any atom is -0.347 e. The molecule has 2 unspecified atom stereocenters. The van der Waals surface area contributed by atoms with Crippen molar-refractivity contribution >= 4 is 69.0 Å². The SMILES string of the molecule is C#CCNC(=O)CCCCc1ccc(C2=C(/C=C/C3=[N+](C)c4ccc(S(=O)(=O)O)cc4C3(C)CCCS(=O)(=O)O)CCC/C2=C\C=C2N(C)c3ccc(S(=O)(=O)O)cc3C2(C)CCCS(=O)(=O)O)cc1. The predicted molar refractivity (Wildman–Crippen MR) is 270 cm³/mol. The summed E-state index contributed by atoms with van der Waals surface area (Å²) >= 11 is 0. The molecule has 1 amide bonds. The van der Waals surface area contributed by atoms with Crippen LogP contribution >= 0.6 is 0 Å². The number of hydrogen-bond acceptors (Lipinski definition) is 10. The van der Waals surface area contributed by atoms with Crippen LogP contribution in [0.1, 0.15) is 100 Å². The lowest BCUT2D eigenvalue weighted by atomic mass is 9.75. The van der Waals surface area contributed by atoms with Crippen molar-refractivity contribution in [2.24, 2.45) is 0 Å². The lowest BCUT2D eigenvalue weighted by Crippen LogP contribution is -2.31. The molecule has 1 aliphatic carbocycles. The lowest BCUT2D eigenvalue weighted by Gasteiger charge is -2.29. The molecule has 0 fully saturated rings. The highest BCUT2D eigenvalue weighted by Crippen LogP contribution is 2.51. The zero-order valence-electron chi connectivity index (χ0n) is 39.6. The number of benzene rings is 3. The van der Waals surface area contributed by atoms with Gasteiger partial charge in [-0.3, -0.25) is 23.0 Å². The molecule has 2 heterocycles. The summed E-state index contributed by atoms with van der Waals surface area (Å²) in [5, 5.41) is 2.68. The van der Waals surface area contributed by atoms with Gasteiger partial charge in [-0.1, -0.05) is 42.3 Å². The van der Waals surface area contributed by atoms with Crippen molar-refractivity contribution in [2.45, 2.75) is 105 Å². The van der Waals surface area contributed by atoms with Crippen molar-refractivity contribution in [1.29, 1.82) is 0 Å². The standard InChI is InChI=1S/C50H59N3O13S4/c1-6-30-51-47(54)15-8-7-12-35-16-18-38(19-17-35)48-36(20-26-45-49(2,28-10-31-67(55,56)57)41-33-39(69(61,62)63)22-24-43(41)52(45)4)13-9-14-37(48)21-27-46-50(3,29-11-32-68(58,59)60)42-34-40(70(64,65)66)23-25-44(42)53(46)5/h1,16-27,33-34H,7-15,28-32H2,2-5H3,(H4-,51,54,55,56,57,58,59,60,61,62,63,64,65,66)/p+1. The van der Waals surface area contributed by atoms with Gasteiger partial charge >= 0.3 is 0 Å². The summed E-state index contributed by atoms with van der Waals surface area (Å²) in [5.41, 5.74) is 6.72. The van der Waals surface area contributed by atoms with Crippen molar-refractivity contribution < 1.29 is 61.3 Å². The summed E-state index contributed by atoms with van der Waals surface area (Å²) in [6.07, 6.45) is 18.2. The molecule has 2 atom stereocenters. The number of likely N-dealkylation sites (N-methyl/N-ethyl adjacent to an activating group) is 1. The molecule has 3 aliphatic rings. The van der Waals surface area contributed by atoms with Gasteiger partial charge in [0.25, 0.3) is 40.5 Å². The fourth-order valence-corrected chi connectivity index (χ4v) is 12.1. The van der Waals surface area contributed by atoms with Gasteiger partial charge in [0.1, 0.15) is 7.05 Å². The molecule has 0 saturated heterocycles. The Hall–Kier alpha value is -5.24. The fraction of sp³-hybridized carbons (Fsp3) is 0.400. The summed E-state index contributed by atoms with van der Waals surface area (Å²) in [4.78, 5) is 13.4. The highest BCUT2D eigenvalue weighted by Gasteiger charge is 2.47. The molecule has 20 heteroatoms. The Labute approximate surface area is 412 Å². The highest BCUT2D eigenvalue weighted by atomic mass is 32.2. The number of aryl methyl sites for hydroxylation is 1. The number of nitrogens with one attached hydrogen (secondary N) is 1. The molecule has 0 radical (unpaired) electrons. The average Bonchev–Trinajstić information content (AvgIpc) is 3.61. The smallest absolute Gasteiger partial charge is 0.294 e. The molecule has 0 saturated carbocycles. The predicted octanol–water partition coefficient (Wildman–Crippen LogP) is 7.38. The Morgan fingerprint density at radius 1 is 0.771 bits per heavy atom. The number of carbonyl (C=O) groups excluding carboxylic acids is 1. The number of hydrogen-bond donors (Lipinski definition) is 5. The van der Waals surface area contributed by atoms with Crippen molar-refractivity contribution in [2.75, 3.05) is 37.0 Å². The van der Waals surface area contributed by atoms with Crippen LogP contribution in [0, 0.1) is 12.3 Å². The molecule has 3 aromatic rings. The number of anilines is 1. The van der Waals surface area contributed by atoms with E-state index in [4.69, 9.17) is 6.42 Å². The van der Waals surface area contributed by atoms with E-state index in [1.807, 2.05) is 86.0 Å². The van der Waals surface area contributed by atoms with Gasteiger partial charge in [0.15, 0.2) is 5.71 Å². The summed E-state index contributed by atoms with van der Waals surface area (Å²) < 4.78 is 138. The topological polar surface area (TPSA) is 253 Å². The summed E-state index contributed by atoms with van der Waals surface area (Å²) in [6.45, 7) is 3.91. The number of fused-ring (bicyclic) bond motifs is 2. The summed E-state index contributed by atoms with van der Waals surface area (Å²) in [7, 11) is -14.2. The number of rotatable bonds is 20. The molecule has 70 heavy (non-hydrogen) atoms. The van der Waals surface area contributed by atoms with Crippen LogP contribution in [0.2, 0.25) is 0 Å². The Morgan fingerprint density at radius 3 is 1.97 bits per heavy atom. The zero-order valence-corrected chi connectivity index (χ0v) is 42.8.